The van der Waals surface area contributed by atoms with Gasteiger partial charge in [0.05, 0.1) is 6.21 Å². The molecule has 0 heterocycles. The van der Waals surface area contributed by atoms with Crippen molar-refractivity contribution in [3.8, 4) is 16.9 Å². The van der Waals surface area contributed by atoms with E-state index in [-0.39, 0.29) is 12.5 Å². The molecule has 0 bridgehead atoms. The van der Waals surface area contributed by atoms with Crippen LogP contribution in [0.2, 0.25) is 0 Å². The number of nitrogens with zero attached hydrogens (tertiary/aromatic N) is 2. The summed E-state index contributed by atoms with van der Waals surface area (Å²) in [6.45, 7) is 6.09. The van der Waals surface area contributed by atoms with E-state index in [2.05, 4.69) is 41.4 Å². The van der Waals surface area contributed by atoms with E-state index in [1.54, 1.807) is 6.21 Å². The monoisotopic (exact) mass is 401 g/mol. The van der Waals surface area contributed by atoms with E-state index in [1.807, 2.05) is 66.7 Å². The van der Waals surface area contributed by atoms with Crippen molar-refractivity contribution < 1.29 is 9.53 Å². The Morgan fingerprint density at radius 1 is 0.933 bits per heavy atom. The van der Waals surface area contributed by atoms with Gasteiger partial charge in [0, 0.05) is 24.3 Å². The fraction of sp³-hybridized carbons (Fsp3) is 0.200. The van der Waals surface area contributed by atoms with E-state index in [9.17, 15) is 4.79 Å². The van der Waals surface area contributed by atoms with Crippen molar-refractivity contribution in [2.45, 2.75) is 13.8 Å². The van der Waals surface area contributed by atoms with Gasteiger partial charge in [0.2, 0.25) is 0 Å². The third-order valence-corrected chi connectivity index (χ3v) is 4.76. The van der Waals surface area contributed by atoms with Crippen molar-refractivity contribution in [3.63, 3.8) is 0 Å². The van der Waals surface area contributed by atoms with E-state index in [0.29, 0.717) is 5.75 Å². The van der Waals surface area contributed by atoms with E-state index in [0.717, 1.165) is 29.8 Å². The van der Waals surface area contributed by atoms with Crippen LogP contribution in [0, 0.1) is 0 Å². The molecule has 0 fully saturated rings. The molecule has 5 nitrogen and oxygen atoms in total. The molecule has 1 amide bonds. The fourth-order valence-corrected chi connectivity index (χ4v) is 3.16. The Balaban J connectivity index is 1.54. The molecule has 0 saturated carbocycles. The number of carbonyl (C=O) groups excluding carboxylic acids is 1. The summed E-state index contributed by atoms with van der Waals surface area (Å²) in [5.74, 6) is 0.351. The van der Waals surface area contributed by atoms with Crippen LogP contribution in [0.5, 0.6) is 5.75 Å². The lowest BCUT2D eigenvalue weighted by Gasteiger charge is -2.20. The molecule has 0 aliphatic rings. The minimum absolute atomic E-state index is 0.109. The van der Waals surface area contributed by atoms with Gasteiger partial charge < -0.3 is 9.64 Å². The third-order valence-electron chi connectivity index (χ3n) is 4.76. The molecular formula is C25H27N3O2. The number of para-hydroxylation sites is 1. The summed E-state index contributed by atoms with van der Waals surface area (Å²) in [6.07, 6.45) is 1.63. The first-order chi connectivity index (χ1) is 14.7. The summed E-state index contributed by atoms with van der Waals surface area (Å²) < 4.78 is 5.73. The Morgan fingerprint density at radius 2 is 1.60 bits per heavy atom. The highest BCUT2D eigenvalue weighted by atomic mass is 16.5. The Bertz CT molecular complexity index is 965. The molecule has 0 saturated heterocycles. The Morgan fingerprint density at radius 3 is 2.30 bits per heavy atom. The van der Waals surface area contributed by atoms with Crippen molar-refractivity contribution >= 4 is 17.8 Å². The molecule has 0 radical (unpaired) electrons. The van der Waals surface area contributed by atoms with Crippen LogP contribution >= 0.6 is 0 Å². The molecule has 0 atom stereocenters. The molecule has 0 aromatic heterocycles. The lowest BCUT2D eigenvalue weighted by atomic mass is 10.1. The number of amides is 1. The highest BCUT2D eigenvalue weighted by Crippen LogP contribution is 2.29. The number of anilines is 1. The van der Waals surface area contributed by atoms with Crippen LogP contribution in [0.1, 0.15) is 19.4 Å². The van der Waals surface area contributed by atoms with Crippen LogP contribution in [-0.4, -0.2) is 31.8 Å². The van der Waals surface area contributed by atoms with Gasteiger partial charge >= 0.3 is 0 Å². The van der Waals surface area contributed by atoms with Crippen LogP contribution in [-0.2, 0) is 4.79 Å². The second kappa shape index (κ2) is 10.8. The van der Waals surface area contributed by atoms with E-state index < -0.39 is 0 Å². The van der Waals surface area contributed by atoms with E-state index >= 15 is 0 Å². The van der Waals surface area contributed by atoms with Gasteiger partial charge in [0.1, 0.15) is 5.75 Å². The van der Waals surface area contributed by atoms with E-state index in [4.69, 9.17) is 4.74 Å². The number of hydrogen-bond acceptors (Lipinski definition) is 4. The largest absolute Gasteiger partial charge is 0.483 e. The summed E-state index contributed by atoms with van der Waals surface area (Å²) in [5.41, 5.74) is 6.59. The van der Waals surface area contributed by atoms with Crippen molar-refractivity contribution in [3.05, 3.63) is 84.4 Å². The van der Waals surface area contributed by atoms with Crippen molar-refractivity contribution in [1.29, 1.82) is 0 Å². The smallest absolute Gasteiger partial charge is 0.277 e. The number of hydrazone groups is 1. The van der Waals surface area contributed by atoms with Crippen molar-refractivity contribution in [2.75, 3.05) is 24.6 Å². The molecule has 3 aromatic carbocycles. The third kappa shape index (κ3) is 5.70. The van der Waals surface area contributed by atoms with Crippen LogP contribution in [0.15, 0.2) is 84.0 Å². The average molecular weight is 402 g/mol. The predicted octanol–water partition coefficient (Wildman–Crippen LogP) is 4.73. The number of hydrogen-bond donors (Lipinski definition) is 1. The fourth-order valence-electron chi connectivity index (χ4n) is 3.16. The molecular weight excluding hydrogens is 374 g/mol. The zero-order valence-electron chi connectivity index (χ0n) is 17.4. The van der Waals surface area contributed by atoms with Crippen LogP contribution in [0.3, 0.4) is 0 Å². The minimum atomic E-state index is -0.311. The summed E-state index contributed by atoms with van der Waals surface area (Å²) in [4.78, 5) is 14.4. The zero-order chi connectivity index (χ0) is 21.2. The predicted molar refractivity (Wildman–Crippen MR) is 123 cm³/mol. The molecule has 0 unspecified atom stereocenters. The first-order valence-corrected chi connectivity index (χ1v) is 10.2. The second-order valence-corrected chi connectivity index (χ2v) is 6.71. The van der Waals surface area contributed by atoms with Gasteiger partial charge in [-0.15, -0.1) is 0 Å². The summed E-state index contributed by atoms with van der Waals surface area (Å²) in [5, 5.41) is 4.03. The van der Waals surface area contributed by atoms with E-state index in [1.165, 1.54) is 5.69 Å². The van der Waals surface area contributed by atoms with Gasteiger partial charge in [0.15, 0.2) is 6.61 Å². The standard InChI is InChI=1S/C25H27N3O2/c1-3-28(4-2)22-16-14-20(15-17-22)18-26-27-25(29)19-30-24-13-9-8-12-23(24)21-10-6-5-7-11-21/h5-18H,3-4,19H2,1-2H3,(H,27,29). The summed E-state index contributed by atoms with van der Waals surface area (Å²) >= 11 is 0. The molecule has 0 spiro atoms. The minimum Gasteiger partial charge on any atom is -0.483 e. The molecule has 1 N–H and O–H groups in total. The Kier molecular flexibility index (Phi) is 7.61. The van der Waals surface area contributed by atoms with Crippen LogP contribution < -0.4 is 15.1 Å². The normalized spacial score (nSPS) is 10.7. The molecule has 5 heteroatoms. The van der Waals surface area contributed by atoms with Gasteiger partial charge in [0.25, 0.3) is 5.91 Å². The summed E-state index contributed by atoms with van der Waals surface area (Å²) in [6, 6.07) is 25.7. The maximum atomic E-state index is 12.1. The molecule has 0 aliphatic heterocycles. The number of carbonyl (C=O) groups is 1. The van der Waals surface area contributed by atoms with Crippen molar-refractivity contribution in [2.24, 2.45) is 5.10 Å². The molecule has 3 rings (SSSR count). The maximum absolute atomic E-state index is 12.1. The maximum Gasteiger partial charge on any atom is 0.277 e. The number of ether oxygens (including phenoxy) is 1. The number of rotatable bonds is 9. The molecule has 30 heavy (non-hydrogen) atoms. The van der Waals surface area contributed by atoms with Crippen molar-refractivity contribution in [1.82, 2.24) is 5.43 Å². The molecule has 154 valence electrons. The lowest BCUT2D eigenvalue weighted by Crippen LogP contribution is -2.24. The van der Waals surface area contributed by atoms with Crippen LogP contribution in [0.4, 0.5) is 5.69 Å². The van der Waals surface area contributed by atoms with Gasteiger partial charge in [-0.1, -0.05) is 60.7 Å². The van der Waals surface area contributed by atoms with Gasteiger partial charge in [-0.25, -0.2) is 5.43 Å². The van der Waals surface area contributed by atoms with Gasteiger partial charge in [-0.05, 0) is 43.2 Å². The Labute approximate surface area is 178 Å². The second-order valence-electron chi connectivity index (χ2n) is 6.71. The van der Waals surface area contributed by atoms with Crippen LogP contribution in [0.25, 0.3) is 11.1 Å². The zero-order valence-corrected chi connectivity index (χ0v) is 17.4. The quantitative estimate of drug-likeness (QED) is 0.417. The Hall–Kier alpha value is -3.60. The van der Waals surface area contributed by atoms with Gasteiger partial charge in [-0.2, -0.15) is 5.10 Å². The number of nitrogens with one attached hydrogen (secondary N) is 1. The highest BCUT2D eigenvalue weighted by Gasteiger charge is 2.07. The molecule has 3 aromatic rings. The average Bonchev–Trinajstić information content (AvgIpc) is 2.80. The molecule has 0 aliphatic carbocycles. The summed E-state index contributed by atoms with van der Waals surface area (Å²) in [7, 11) is 0. The highest BCUT2D eigenvalue weighted by molar-refractivity contribution is 5.83. The SMILES string of the molecule is CCN(CC)c1ccc(C=NNC(=O)COc2ccccc2-c2ccccc2)cc1. The lowest BCUT2D eigenvalue weighted by molar-refractivity contribution is -0.123. The first-order valence-electron chi connectivity index (χ1n) is 10.2. The first kappa shape index (κ1) is 21.1. The topological polar surface area (TPSA) is 53.9 Å². The van der Waals surface area contributed by atoms with Gasteiger partial charge in [-0.3, -0.25) is 4.79 Å². The number of benzene rings is 3.